The summed E-state index contributed by atoms with van der Waals surface area (Å²) in [5.41, 5.74) is 1.48. The summed E-state index contributed by atoms with van der Waals surface area (Å²) in [6, 6.07) is 16.9. The Kier molecular flexibility index (Phi) is 5.08. The fourth-order valence-electron chi connectivity index (χ4n) is 4.17. The second-order valence-corrected chi connectivity index (χ2v) is 9.11. The van der Waals surface area contributed by atoms with Gasteiger partial charge in [-0.25, -0.2) is 13.1 Å². The molecule has 0 radical (unpaired) electrons. The van der Waals surface area contributed by atoms with Crippen molar-refractivity contribution in [3.05, 3.63) is 66.4 Å². The van der Waals surface area contributed by atoms with Crippen molar-refractivity contribution in [2.24, 2.45) is 0 Å². The highest BCUT2D eigenvalue weighted by molar-refractivity contribution is 7.89. The van der Waals surface area contributed by atoms with Gasteiger partial charge in [-0.05, 0) is 42.7 Å². The van der Waals surface area contributed by atoms with Crippen molar-refractivity contribution in [1.29, 1.82) is 0 Å². The Morgan fingerprint density at radius 1 is 1.04 bits per heavy atom. The summed E-state index contributed by atoms with van der Waals surface area (Å²) in [6.07, 6.45) is 5.76. The third-order valence-electron chi connectivity index (χ3n) is 5.75. The number of nitrogens with one attached hydrogen (secondary N) is 1. The van der Waals surface area contributed by atoms with Crippen LogP contribution in [0.25, 0.3) is 10.9 Å². The first-order chi connectivity index (χ1) is 13.5. The van der Waals surface area contributed by atoms with Crippen LogP contribution in [0.1, 0.15) is 31.2 Å². The Bertz CT molecular complexity index is 1070. The van der Waals surface area contributed by atoms with Gasteiger partial charge in [-0.1, -0.05) is 43.2 Å². The molecule has 0 spiro atoms. The number of aromatic nitrogens is 1. The highest BCUT2D eigenvalue weighted by Gasteiger charge is 2.37. The summed E-state index contributed by atoms with van der Waals surface area (Å²) in [4.78, 5) is 4.52. The van der Waals surface area contributed by atoms with Gasteiger partial charge in [-0.2, -0.15) is 0 Å². The number of pyridine rings is 1. The second kappa shape index (κ2) is 7.53. The van der Waals surface area contributed by atoms with E-state index in [-0.39, 0.29) is 10.3 Å². The Morgan fingerprint density at radius 3 is 2.46 bits per heavy atom. The number of benzene rings is 2. The molecule has 4 rings (SSSR count). The molecule has 0 unspecified atom stereocenters. The number of methoxy groups -OCH3 is 1. The molecule has 5 nitrogen and oxygen atoms in total. The molecule has 2 aromatic carbocycles. The highest BCUT2D eigenvalue weighted by atomic mass is 32.2. The SMILES string of the molecule is COc1ccc(C2(CNS(=O)(=O)c3cccc4cccnc34)CCCC2)cc1. The summed E-state index contributed by atoms with van der Waals surface area (Å²) >= 11 is 0. The van der Waals surface area contributed by atoms with Gasteiger partial charge in [0.05, 0.1) is 12.6 Å². The Balaban J connectivity index is 1.63. The smallest absolute Gasteiger partial charge is 0.242 e. The van der Waals surface area contributed by atoms with Gasteiger partial charge < -0.3 is 4.74 Å². The number of rotatable bonds is 6. The van der Waals surface area contributed by atoms with Crippen molar-refractivity contribution in [2.75, 3.05) is 13.7 Å². The predicted molar refractivity (Wildman–Crippen MR) is 110 cm³/mol. The van der Waals surface area contributed by atoms with Crippen molar-refractivity contribution in [3.63, 3.8) is 0 Å². The first-order valence-corrected chi connectivity index (χ1v) is 11.0. The predicted octanol–water partition coefficient (Wildman–Crippen LogP) is 4.03. The molecule has 1 fully saturated rings. The maximum atomic E-state index is 13.1. The lowest BCUT2D eigenvalue weighted by molar-refractivity contribution is 0.410. The second-order valence-electron chi connectivity index (χ2n) is 7.37. The number of ether oxygens (including phenoxy) is 1. The normalized spacial score (nSPS) is 16.3. The Morgan fingerprint density at radius 2 is 1.75 bits per heavy atom. The summed E-state index contributed by atoms with van der Waals surface area (Å²) in [5.74, 6) is 0.805. The molecule has 0 amide bonds. The molecule has 0 atom stereocenters. The minimum atomic E-state index is -3.67. The fraction of sp³-hybridized carbons (Fsp3) is 0.318. The fourth-order valence-corrected chi connectivity index (χ4v) is 5.47. The van der Waals surface area contributed by atoms with Crippen LogP contribution >= 0.6 is 0 Å². The minimum absolute atomic E-state index is 0.183. The lowest BCUT2D eigenvalue weighted by atomic mass is 9.79. The molecule has 28 heavy (non-hydrogen) atoms. The Hall–Kier alpha value is -2.44. The van der Waals surface area contributed by atoms with Crippen LogP contribution in [0.5, 0.6) is 5.75 Å². The molecular formula is C22H24N2O3S. The monoisotopic (exact) mass is 396 g/mol. The van der Waals surface area contributed by atoms with E-state index < -0.39 is 10.0 Å². The van der Waals surface area contributed by atoms with Gasteiger partial charge in [0.1, 0.15) is 10.6 Å². The lowest BCUT2D eigenvalue weighted by Gasteiger charge is -2.30. The van der Waals surface area contributed by atoms with Gasteiger partial charge in [-0.15, -0.1) is 0 Å². The zero-order valence-corrected chi connectivity index (χ0v) is 16.7. The van der Waals surface area contributed by atoms with Gasteiger partial charge >= 0.3 is 0 Å². The number of para-hydroxylation sites is 1. The number of nitrogens with zero attached hydrogens (tertiary/aromatic N) is 1. The van der Waals surface area contributed by atoms with Crippen LogP contribution in [-0.4, -0.2) is 27.1 Å². The summed E-state index contributed by atoms with van der Waals surface area (Å²) < 4.78 is 34.3. The van der Waals surface area contributed by atoms with Crippen molar-refractivity contribution in [2.45, 2.75) is 36.0 Å². The van der Waals surface area contributed by atoms with Gasteiger partial charge in [0.25, 0.3) is 0 Å². The maximum absolute atomic E-state index is 13.1. The molecule has 146 valence electrons. The van der Waals surface area contributed by atoms with E-state index in [4.69, 9.17) is 4.74 Å². The van der Waals surface area contributed by atoms with Crippen molar-refractivity contribution < 1.29 is 13.2 Å². The first kappa shape index (κ1) is 18.9. The number of hydrogen-bond donors (Lipinski definition) is 1. The van der Waals surface area contributed by atoms with Crippen LogP contribution in [0.3, 0.4) is 0 Å². The van der Waals surface area contributed by atoms with Crippen LogP contribution in [0.15, 0.2) is 65.7 Å². The maximum Gasteiger partial charge on any atom is 0.242 e. The minimum Gasteiger partial charge on any atom is -0.497 e. The molecule has 1 N–H and O–H groups in total. The molecule has 1 heterocycles. The summed E-state index contributed by atoms with van der Waals surface area (Å²) in [7, 11) is -2.02. The van der Waals surface area contributed by atoms with Crippen LogP contribution in [0.4, 0.5) is 0 Å². The molecular weight excluding hydrogens is 372 g/mol. The van der Waals surface area contributed by atoms with E-state index >= 15 is 0 Å². The van der Waals surface area contributed by atoms with E-state index in [1.807, 2.05) is 30.3 Å². The van der Waals surface area contributed by atoms with Gasteiger partial charge in [-0.3, -0.25) is 4.98 Å². The van der Waals surface area contributed by atoms with Crippen molar-refractivity contribution in [1.82, 2.24) is 9.71 Å². The summed E-state index contributed by atoms with van der Waals surface area (Å²) in [5, 5.41) is 0.816. The molecule has 1 aromatic heterocycles. The van der Waals surface area contributed by atoms with Crippen LogP contribution in [0, 0.1) is 0 Å². The van der Waals surface area contributed by atoms with Crippen LogP contribution < -0.4 is 9.46 Å². The van der Waals surface area contributed by atoms with Gasteiger partial charge in [0, 0.05) is 23.5 Å². The molecule has 1 saturated carbocycles. The van der Waals surface area contributed by atoms with Gasteiger partial charge in [0.2, 0.25) is 10.0 Å². The number of fused-ring (bicyclic) bond motifs is 1. The summed E-state index contributed by atoms with van der Waals surface area (Å²) in [6.45, 7) is 0.380. The molecule has 0 aliphatic heterocycles. The lowest BCUT2D eigenvalue weighted by Crippen LogP contribution is -2.39. The topological polar surface area (TPSA) is 68.3 Å². The van der Waals surface area contributed by atoms with Crippen LogP contribution in [0.2, 0.25) is 0 Å². The van der Waals surface area contributed by atoms with Crippen LogP contribution in [-0.2, 0) is 15.4 Å². The molecule has 3 aromatic rings. The van der Waals surface area contributed by atoms with E-state index in [2.05, 4.69) is 21.8 Å². The first-order valence-electron chi connectivity index (χ1n) is 9.52. The van der Waals surface area contributed by atoms with Gasteiger partial charge in [0.15, 0.2) is 0 Å². The Labute approximate surface area is 165 Å². The molecule has 0 saturated heterocycles. The molecule has 1 aliphatic rings. The number of sulfonamides is 1. The quantitative estimate of drug-likeness (QED) is 0.683. The van der Waals surface area contributed by atoms with Crippen molar-refractivity contribution >= 4 is 20.9 Å². The zero-order chi connectivity index (χ0) is 19.6. The number of hydrogen-bond acceptors (Lipinski definition) is 4. The van der Waals surface area contributed by atoms with E-state index in [1.54, 1.807) is 25.4 Å². The van der Waals surface area contributed by atoms with E-state index in [9.17, 15) is 8.42 Å². The van der Waals surface area contributed by atoms with Crippen molar-refractivity contribution in [3.8, 4) is 5.75 Å². The standard InChI is InChI=1S/C22H24N2O3S/c1-27-19-11-9-18(10-12-19)22(13-2-3-14-22)16-24-28(25,26)20-8-4-6-17-7-5-15-23-21(17)20/h4-12,15,24H,2-3,13-14,16H2,1H3. The molecule has 6 heteroatoms. The van der Waals surface area contributed by atoms with E-state index in [0.717, 1.165) is 42.4 Å². The largest absolute Gasteiger partial charge is 0.497 e. The highest BCUT2D eigenvalue weighted by Crippen LogP contribution is 2.41. The van der Waals surface area contributed by atoms with E-state index in [0.29, 0.717) is 12.1 Å². The molecule has 0 bridgehead atoms. The van der Waals surface area contributed by atoms with E-state index in [1.165, 1.54) is 0 Å². The third kappa shape index (κ3) is 3.50. The third-order valence-corrected chi connectivity index (χ3v) is 7.18. The average molecular weight is 397 g/mol. The average Bonchev–Trinajstić information content (AvgIpc) is 3.22. The zero-order valence-electron chi connectivity index (χ0n) is 15.9. The molecule has 1 aliphatic carbocycles.